The Labute approximate surface area is 135 Å². The number of nitrogens with zero attached hydrogens (tertiary/aromatic N) is 3. The third-order valence-electron chi connectivity index (χ3n) is 4.44. The van der Waals surface area contributed by atoms with Gasteiger partial charge in [0.05, 0.1) is 6.26 Å². The van der Waals surface area contributed by atoms with E-state index in [9.17, 15) is 4.79 Å². The minimum atomic E-state index is -0.846. The maximum absolute atomic E-state index is 10.9. The summed E-state index contributed by atoms with van der Waals surface area (Å²) in [5, 5.41) is 13.1. The zero-order valence-corrected chi connectivity index (χ0v) is 13.2. The second kappa shape index (κ2) is 7.46. The highest BCUT2D eigenvalue weighted by Crippen LogP contribution is 2.27. The number of rotatable bonds is 7. The number of aryl methyl sites for hydroxylation is 1. The van der Waals surface area contributed by atoms with Crippen LogP contribution in [0.4, 0.5) is 0 Å². The number of aromatic nitrogens is 2. The minimum absolute atomic E-state index is 0.0582. The molecule has 0 amide bonds. The van der Waals surface area contributed by atoms with Gasteiger partial charge in [-0.3, -0.25) is 9.48 Å². The van der Waals surface area contributed by atoms with Gasteiger partial charge in [0.25, 0.3) is 0 Å². The number of hydrogen-bond acceptors (Lipinski definition) is 4. The molecule has 0 aromatic carbocycles. The van der Waals surface area contributed by atoms with Crippen LogP contribution in [0, 0.1) is 0 Å². The van der Waals surface area contributed by atoms with Crippen LogP contribution in [-0.2, 0) is 17.8 Å². The summed E-state index contributed by atoms with van der Waals surface area (Å²) >= 11 is 0. The summed E-state index contributed by atoms with van der Waals surface area (Å²) in [6, 6.07) is 5.90. The van der Waals surface area contributed by atoms with E-state index in [1.807, 2.05) is 18.2 Å². The molecule has 0 spiro atoms. The Bertz CT molecular complexity index is 621. The lowest BCUT2D eigenvalue weighted by Gasteiger charge is -2.32. The molecule has 1 atom stereocenters. The average Bonchev–Trinajstić information content (AvgIpc) is 3.19. The standard InChI is InChI=1S/C17H23N3O3/c21-17(22)13-20-16(7-8-18-20)14-4-1-9-19(12-14)10-2-5-15-6-3-11-23-15/h3,6-8,11,14H,1-2,4-5,9-10,12-13H2,(H,21,22)/t14-/m0/s1. The van der Waals surface area contributed by atoms with Gasteiger partial charge in [0.15, 0.2) is 0 Å². The molecule has 1 N–H and O–H groups in total. The monoisotopic (exact) mass is 317 g/mol. The summed E-state index contributed by atoms with van der Waals surface area (Å²) in [5.41, 5.74) is 1.04. The second-order valence-electron chi connectivity index (χ2n) is 6.13. The maximum Gasteiger partial charge on any atom is 0.325 e. The van der Waals surface area contributed by atoms with Crippen LogP contribution < -0.4 is 0 Å². The van der Waals surface area contributed by atoms with E-state index in [-0.39, 0.29) is 6.54 Å². The van der Waals surface area contributed by atoms with Crippen molar-refractivity contribution < 1.29 is 14.3 Å². The van der Waals surface area contributed by atoms with Crippen LogP contribution in [0.1, 0.15) is 36.6 Å². The van der Waals surface area contributed by atoms with E-state index in [1.165, 1.54) is 0 Å². The fourth-order valence-electron chi connectivity index (χ4n) is 3.38. The van der Waals surface area contributed by atoms with Gasteiger partial charge < -0.3 is 14.4 Å². The van der Waals surface area contributed by atoms with Gasteiger partial charge in [0, 0.05) is 30.8 Å². The van der Waals surface area contributed by atoms with Crippen LogP contribution in [0.5, 0.6) is 0 Å². The Hall–Kier alpha value is -2.08. The average molecular weight is 317 g/mol. The van der Waals surface area contributed by atoms with Gasteiger partial charge in [0.1, 0.15) is 12.3 Å². The zero-order valence-electron chi connectivity index (χ0n) is 13.2. The molecule has 0 radical (unpaired) electrons. The van der Waals surface area contributed by atoms with Crippen LogP contribution in [0.2, 0.25) is 0 Å². The van der Waals surface area contributed by atoms with Crippen molar-refractivity contribution in [2.75, 3.05) is 19.6 Å². The minimum Gasteiger partial charge on any atom is -0.480 e. The van der Waals surface area contributed by atoms with E-state index in [0.29, 0.717) is 5.92 Å². The largest absolute Gasteiger partial charge is 0.480 e. The van der Waals surface area contributed by atoms with Crippen molar-refractivity contribution in [3.63, 3.8) is 0 Å². The first-order chi connectivity index (χ1) is 11.2. The Morgan fingerprint density at radius 2 is 2.35 bits per heavy atom. The predicted octanol–water partition coefficient (Wildman–Crippen LogP) is 2.37. The summed E-state index contributed by atoms with van der Waals surface area (Å²) in [5.74, 6) is 0.563. The molecule has 1 aliphatic rings. The number of piperidine rings is 1. The first-order valence-electron chi connectivity index (χ1n) is 8.20. The zero-order chi connectivity index (χ0) is 16.1. The molecule has 23 heavy (non-hydrogen) atoms. The van der Waals surface area contributed by atoms with Crippen molar-refractivity contribution >= 4 is 5.97 Å². The van der Waals surface area contributed by atoms with Gasteiger partial charge in [-0.25, -0.2) is 0 Å². The first-order valence-corrected chi connectivity index (χ1v) is 8.20. The normalized spacial score (nSPS) is 19.0. The number of carboxylic acids is 1. The van der Waals surface area contributed by atoms with Crippen molar-refractivity contribution in [2.45, 2.75) is 38.1 Å². The van der Waals surface area contributed by atoms with Crippen LogP contribution in [-0.4, -0.2) is 45.4 Å². The molecule has 1 aliphatic heterocycles. The van der Waals surface area contributed by atoms with Crippen molar-refractivity contribution in [2.24, 2.45) is 0 Å². The van der Waals surface area contributed by atoms with Gasteiger partial charge in [-0.1, -0.05) is 0 Å². The number of carbonyl (C=O) groups is 1. The lowest BCUT2D eigenvalue weighted by Crippen LogP contribution is -2.36. The van der Waals surface area contributed by atoms with Crippen molar-refractivity contribution in [1.29, 1.82) is 0 Å². The third-order valence-corrected chi connectivity index (χ3v) is 4.44. The molecule has 3 rings (SSSR count). The quantitative estimate of drug-likeness (QED) is 0.849. The molecule has 2 aromatic rings. The molecule has 6 nitrogen and oxygen atoms in total. The molecule has 1 fully saturated rings. The van der Waals surface area contributed by atoms with E-state index in [0.717, 1.165) is 56.8 Å². The summed E-state index contributed by atoms with van der Waals surface area (Å²) < 4.78 is 6.99. The SMILES string of the molecule is O=C(O)Cn1nccc1[C@H]1CCCN(CCCc2ccco2)C1. The molecule has 0 aliphatic carbocycles. The fraction of sp³-hybridized carbons (Fsp3) is 0.529. The van der Waals surface area contributed by atoms with Gasteiger partial charge in [0.2, 0.25) is 0 Å². The van der Waals surface area contributed by atoms with Gasteiger partial charge in [-0.15, -0.1) is 0 Å². The topological polar surface area (TPSA) is 71.5 Å². The lowest BCUT2D eigenvalue weighted by molar-refractivity contribution is -0.137. The lowest BCUT2D eigenvalue weighted by atomic mass is 9.94. The Morgan fingerprint density at radius 3 is 3.13 bits per heavy atom. The third kappa shape index (κ3) is 4.22. The number of likely N-dealkylation sites (tertiary alicyclic amines) is 1. The molecule has 3 heterocycles. The molecule has 6 heteroatoms. The molecule has 1 saturated heterocycles. The van der Waals surface area contributed by atoms with E-state index in [1.54, 1.807) is 17.1 Å². The van der Waals surface area contributed by atoms with E-state index in [4.69, 9.17) is 9.52 Å². The van der Waals surface area contributed by atoms with Gasteiger partial charge >= 0.3 is 5.97 Å². The molecular weight excluding hydrogens is 294 g/mol. The molecule has 0 bridgehead atoms. The highest BCUT2D eigenvalue weighted by Gasteiger charge is 2.24. The smallest absolute Gasteiger partial charge is 0.325 e. The predicted molar refractivity (Wildman–Crippen MR) is 85.3 cm³/mol. The maximum atomic E-state index is 10.9. The molecule has 0 unspecified atom stereocenters. The van der Waals surface area contributed by atoms with Crippen molar-refractivity contribution in [3.8, 4) is 0 Å². The van der Waals surface area contributed by atoms with Crippen LogP contribution in [0.15, 0.2) is 35.1 Å². The van der Waals surface area contributed by atoms with E-state index >= 15 is 0 Å². The number of aliphatic carboxylic acids is 1. The second-order valence-corrected chi connectivity index (χ2v) is 6.13. The Kier molecular flexibility index (Phi) is 5.12. The van der Waals surface area contributed by atoms with E-state index < -0.39 is 5.97 Å². The number of furan rings is 1. The van der Waals surface area contributed by atoms with Crippen LogP contribution in [0.3, 0.4) is 0 Å². The summed E-state index contributed by atoms with van der Waals surface area (Å²) in [7, 11) is 0. The summed E-state index contributed by atoms with van der Waals surface area (Å²) in [6.45, 7) is 3.08. The Morgan fingerprint density at radius 1 is 1.43 bits per heavy atom. The highest BCUT2D eigenvalue weighted by atomic mass is 16.4. The number of carboxylic acid groups (broad SMARTS) is 1. The molecule has 0 saturated carbocycles. The molecule has 2 aromatic heterocycles. The van der Waals surface area contributed by atoms with Crippen LogP contribution in [0.25, 0.3) is 0 Å². The van der Waals surface area contributed by atoms with Gasteiger partial charge in [-0.05, 0) is 50.6 Å². The van der Waals surface area contributed by atoms with Gasteiger partial charge in [-0.2, -0.15) is 5.10 Å². The first kappa shape index (κ1) is 15.8. The molecular formula is C17H23N3O3. The highest BCUT2D eigenvalue weighted by molar-refractivity contribution is 5.66. The molecule has 124 valence electrons. The van der Waals surface area contributed by atoms with E-state index in [2.05, 4.69) is 10.00 Å². The van der Waals surface area contributed by atoms with Crippen molar-refractivity contribution in [3.05, 3.63) is 42.1 Å². The summed E-state index contributed by atoms with van der Waals surface area (Å²) in [6.07, 6.45) is 7.70. The fourth-order valence-corrected chi connectivity index (χ4v) is 3.38. The summed E-state index contributed by atoms with van der Waals surface area (Å²) in [4.78, 5) is 13.4. The number of hydrogen-bond donors (Lipinski definition) is 1. The Balaban J connectivity index is 1.53. The van der Waals surface area contributed by atoms with Crippen molar-refractivity contribution in [1.82, 2.24) is 14.7 Å². The van der Waals surface area contributed by atoms with Crippen LogP contribution >= 0.6 is 0 Å².